The second-order valence-electron chi connectivity index (χ2n) is 19.4. The molecule has 0 saturated carbocycles. The van der Waals surface area contributed by atoms with E-state index in [2.05, 4.69) is 198 Å². The van der Waals surface area contributed by atoms with Gasteiger partial charge in [0, 0.05) is 40.2 Å². The average Bonchev–Trinajstić information content (AvgIpc) is 3.79. The quantitative estimate of drug-likeness (QED) is 0.143. The van der Waals surface area contributed by atoms with E-state index in [-0.39, 0.29) is 28.5 Å². The molecule has 0 aliphatic carbocycles. The van der Waals surface area contributed by atoms with E-state index in [1.165, 1.54) is 33.3 Å². The highest BCUT2D eigenvalue weighted by Gasteiger charge is 2.28. The van der Waals surface area contributed by atoms with Gasteiger partial charge in [0.05, 0.1) is 11.0 Å². The van der Waals surface area contributed by atoms with E-state index < -0.39 is 0 Å². The summed E-state index contributed by atoms with van der Waals surface area (Å²) in [5.41, 5.74) is 13.4. The minimum absolute atomic E-state index is 0.0198. The molecule has 9 rings (SSSR count). The van der Waals surface area contributed by atoms with Crippen LogP contribution in [0.25, 0.3) is 61.2 Å². The lowest BCUT2D eigenvalue weighted by Crippen LogP contribution is -2.33. The maximum Gasteiger partial charge on any atom is 0.255 e. The molecule has 0 spiro atoms. The van der Waals surface area contributed by atoms with Crippen LogP contribution in [0.4, 0.5) is 4.39 Å². The number of rotatable bonds is 8. The largest absolute Gasteiger partial charge is 0.457 e. The van der Waals surface area contributed by atoms with Crippen LogP contribution in [-0.4, -0.2) is 14.1 Å². The van der Waals surface area contributed by atoms with Gasteiger partial charge in [0.25, 0.3) is 6.33 Å². The number of halogens is 1. The standard InChI is InChI=1S/C56H56FN4O/c1-35(2)47-27-38(37-19-21-41(57)22-20-37)28-48(36(3)4)54(47)60-34-59(50-17-13-14-18-51(50)60)42-29-40(56(8,9)10)30-44(32-42)62-43-23-24-46-45-15-11-12-16-49(45)61(52(46)33-43)53-31-39(25-26-58-53)55(5,6)7/h11-36H,1-10H3/q+1. The first-order valence-corrected chi connectivity index (χ1v) is 21.8. The minimum Gasteiger partial charge on any atom is -0.457 e. The van der Waals surface area contributed by atoms with Crippen molar-refractivity contribution in [3.05, 3.63) is 174 Å². The van der Waals surface area contributed by atoms with E-state index in [1.807, 2.05) is 18.3 Å². The van der Waals surface area contributed by atoms with Crippen LogP contribution in [0.5, 0.6) is 11.5 Å². The molecule has 0 amide bonds. The lowest BCUT2D eigenvalue weighted by molar-refractivity contribution is -0.569. The van der Waals surface area contributed by atoms with Crippen LogP contribution in [0.2, 0.25) is 0 Å². The molecule has 3 aromatic heterocycles. The SMILES string of the molecule is CC(C)c1cc(-c2ccc(F)cc2)cc(C(C)C)c1-[n+]1cn(-c2cc(Oc3ccc4c5ccccc5n(-c5cc(C(C)(C)C)ccn5)c4c3)cc(C(C)(C)C)c2)c2ccccc21. The summed E-state index contributed by atoms with van der Waals surface area (Å²) in [6.45, 7) is 22.5. The van der Waals surface area contributed by atoms with Crippen LogP contribution in [0.15, 0.2) is 146 Å². The molecule has 5 nitrogen and oxygen atoms in total. The van der Waals surface area contributed by atoms with E-state index in [0.717, 1.165) is 61.6 Å². The van der Waals surface area contributed by atoms with Gasteiger partial charge < -0.3 is 4.74 Å². The smallest absolute Gasteiger partial charge is 0.255 e. The Balaban J connectivity index is 1.20. The first-order chi connectivity index (χ1) is 29.5. The topological polar surface area (TPSA) is 35.9 Å². The summed E-state index contributed by atoms with van der Waals surface area (Å²) in [5.74, 6) is 2.64. The second-order valence-corrected chi connectivity index (χ2v) is 19.4. The van der Waals surface area contributed by atoms with E-state index in [9.17, 15) is 4.39 Å². The van der Waals surface area contributed by atoms with Gasteiger partial charge in [-0.3, -0.25) is 4.57 Å². The summed E-state index contributed by atoms with van der Waals surface area (Å²) in [7, 11) is 0. The number of fused-ring (bicyclic) bond motifs is 4. The van der Waals surface area contributed by atoms with Gasteiger partial charge in [0.2, 0.25) is 0 Å². The molecule has 0 N–H and O–H groups in total. The fraction of sp³-hybridized carbons (Fsp3) is 0.250. The van der Waals surface area contributed by atoms with Gasteiger partial charge in [-0.25, -0.2) is 9.37 Å². The molecule has 312 valence electrons. The Labute approximate surface area is 365 Å². The number of pyridine rings is 1. The van der Waals surface area contributed by atoms with Crippen LogP contribution in [0, 0.1) is 5.82 Å². The summed E-state index contributed by atoms with van der Waals surface area (Å²) in [4.78, 5) is 4.90. The van der Waals surface area contributed by atoms with Gasteiger partial charge in [0.1, 0.15) is 34.5 Å². The third kappa shape index (κ3) is 7.46. The van der Waals surface area contributed by atoms with Crippen molar-refractivity contribution in [2.45, 2.75) is 91.9 Å². The van der Waals surface area contributed by atoms with Crippen LogP contribution < -0.4 is 9.30 Å². The molecule has 3 heterocycles. The van der Waals surface area contributed by atoms with Crippen LogP contribution in [0.3, 0.4) is 0 Å². The van der Waals surface area contributed by atoms with Crippen molar-refractivity contribution >= 4 is 32.8 Å². The molecule has 0 bridgehead atoms. The zero-order chi connectivity index (χ0) is 43.7. The molecule has 0 atom stereocenters. The molecule has 0 aliphatic rings. The molecule has 0 unspecified atom stereocenters. The number of hydrogen-bond donors (Lipinski definition) is 0. The summed E-state index contributed by atoms with van der Waals surface area (Å²) >= 11 is 0. The fourth-order valence-corrected chi connectivity index (χ4v) is 8.76. The number of para-hydroxylation sites is 3. The molecule has 0 saturated heterocycles. The van der Waals surface area contributed by atoms with Gasteiger partial charge in [-0.05, 0) is 124 Å². The number of aromatic nitrogens is 4. The molecule has 62 heavy (non-hydrogen) atoms. The summed E-state index contributed by atoms with van der Waals surface area (Å²) in [6, 6.07) is 45.9. The van der Waals surface area contributed by atoms with Crippen molar-refractivity contribution < 1.29 is 13.7 Å². The molecule has 9 aromatic rings. The first kappa shape index (κ1) is 40.9. The summed E-state index contributed by atoms with van der Waals surface area (Å²) < 4.78 is 27.9. The zero-order valence-electron chi connectivity index (χ0n) is 37.6. The Morgan fingerprint density at radius 3 is 1.90 bits per heavy atom. The summed E-state index contributed by atoms with van der Waals surface area (Å²) in [6.07, 6.45) is 4.16. The maximum absolute atomic E-state index is 14.0. The third-order valence-electron chi connectivity index (χ3n) is 12.2. The maximum atomic E-state index is 14.0. The second kappa shape index (κ2) is 15.4. The van der Waals surface area contributed by atoms with Crippen molar-refractivity contribution in [2.75, 3.05) is 0 Å². The van der Waals surface area contributed by atoms with Crippen molar-refractivity contribution in [3.63, 3.8) is 0 Å². The van der Waals surface area contributed by atoms with E-state index >= 15 is 0 Å². The van der Waals surface area contributed by atoms with Gasteiger partial charge in [-0.2, -0.15) is 9.13 Å². The Bertz CT molecular complexity index is 3110. The Morgan fingerprint density at radius 2 is 1.23 bits per heavy atom. The fourth-order valence-electron chi connectivity index (χ4n) is 8.76. The van der Waals surface area contributed by atoms with Crippen molar-refractivity contribution in [1.82, 2.24) is 14.1 Å². The molecular weight excluding hydrogens is 764 g/mol. The van der Waals surface area contributed by atoms with Gasteiger partial charge in [0.15, 0.2) is 11.0 Å². The van der Waals surface area contributed by atoms with E-state index in [1.54, 1.807) is 12.1 Å². The number of ether oxygens (including phenoxy) is 1. The Kier molecular flexibility index (Phi) is 10.2. The van der Waals surface area contributed by atoms with Gasteiger partial charge >= 0.3 is 0 Å². The molecule has 6 heteroatoms. The van der Waals surface area contributed by atoms with Gasteiger partial charge in [-0.1, -0.05) is 112 Å². The summed E-state index contributed by atoms with van der Waals surface area (Å²) in [5, 5.41) is 2.32. The van der Waals surface area contributed by atoms with Crippen LogP contribution in [-0.2, 0) is 10.8 Å². The highest BCUT2D eigenvalue weighted by atomic mass is 19.1. The van der Waals surface area contributed by atoms with E-state index in [0.29, 0.717) is 0 Å². The number of nitrogens with zero attached hydrogens (tertiary/aromatic N) is 4. The lowest BCUT2D eigenvalue weighted by Gasteiger charge is -2.21. The average molecular weight is 820 g/mol. The highest BCUT2D eigenvalue weighted by molar-refractivity contribution is 6.09. The monoisotopic (exact) mass is 819 g/mol. The lowest BCUT2D eigenvalue weighted by atomic mass is 9.86. The molecule has 0 fully saturated rings. The minimum atomic E-state index is -0.230. The number of imidazole rings is 1. The van der Waals surface area contributed by atoms with E-state index in [4.69, 9.17) is 9.72 Å². The highest BCUT2D eigenvalue weighted by Crippen LogP contribution is 2.39. The normalized spacial score (nSPS) is 12.4. The number of benzene rings is 6. The molecule has 0 aliphatic heterocycles. The zero-order valence-corrected chi connectivity index (χ0v) is 37.6. The van der Waals surface area contributed by atoms with Crippen molar-refractivity contribution in [1.29, 1.82) is 0 Å². The van der Waals surface area contributed by atoms with Crippen LogP contribution in [0.1, 0.15) is 103 Å². The van der Waals surface area contributed by atoms with Crippen LogP contribution >= 0.6 is 0 Å². The third-order valence-corrected chi connectivity index (χ3v) is 12.2. The first-order valence-electron chi connectivity index (χ1n) is 21.8. The molecule has 0 radical (unpaired) electrons. The van der Waals surface area contributed by atoms with Crippen molar-refractivity contribution in [2.24, 2.45) is 0 Å². The Morgan fingerprint density at radius 1 is 0.581 bits per heavy atom. The number of hydrogen-bond acceptors (Lipinski definition) is 2. The van der Waals surface area contributed by atoms with Gasteiger partial charge in [-0.15, -0.1) is 0 Å². The predicted molar refractivity (Wildman–Crippen MR) is 254 cm³/mol. The Hall–Kier alpha value is -6.53. The molecular formula is C56H56FN4O+. The predicted octanol–water partition coefficient (Wildman–Crippen LogP) is 14.8. The molecule has 6 aromatic carbocycles. The van der Waals surface area contributed by atoms with Crippen molar-refractivity contribution in [3.8, 4) is 39.8 Å².